The van der Waals surface area contributed by atoms with E-state index in [4.69, 9.17) is 0 Å². The first kappa shape index (κ1) is 14.6. The van der Waals surface area contributed by atoms with Gasteiger partial charge in [0.2, 0.25) is 0 Å². The van der Waals surface area contributed by atoms with Gasteiger partial charge in [-0.3, -0.25) is 20.0 Å². The van der Waals surface area contributed by atoms with Gasteiger partial charge in [-0.15, -0.1) is 0 Å². The number of pyridine rings is 1. The van der Waals surface area contributed by atoms with Gasteiger partial charge in [-0.2, -0.15) is 0 Å². The molecule has 5 nitrogen and oxygen atoms in total. The Bertz CT molecular complexity index is 605. The highest BCUT2D eigenvalue weighted by Gasteiger charge is 2.13. The zero-order valence-electron chi connectivity index (χ0n) is 11.0. The summed E-state index contributed by atoms with van der Waals surface area (Å²) in [7, 11) is 1.97. The molecule has 1 aromatic heterocycles. The Labute approximate surface area is 125 Å². The number of nitrogens with zero attached hydrogens (tertiary/aromatic N) is 3. The fourth-order valence-corrected chi connectivity index (χ4v) is 2.36. The molecule has 1 aromatic carbocycles. The summed E-state index contributed by atoms with van der Waals surface area (Å²) in [6.45, 7) is 1.39. The summed E-state index contributed by atoms with van der Waals surface area (Å²) in [5.41, 5.74) is 2.12. The van der Waals surface area contributed by atoms with E-state index in [1.807, 2.05) is 31.4 Å². The van der Waals surface area contributed by atoms with Crippen LogP contribution in [0.5, 0.6) is 0 Å². The second-order valence-corrected chi connectivity index (χ2v) is 5.43. The normalized spacial score (nSPS) is 10.8. The minimum Gasteiger partial charge on any atom is -0.298 e. The third kappa shape index (κ3) is 3.85. The monoisotopic (exact) mass is 335 g/mol. The predicted molar refractivity (Wildman–Crippen MR) is 80.2 cm³/mol. The molecule has 2 rings (SSSR count). The van der Waals surface area contributed by atoms with E-state index >= 15 is 0 Å². The van der Waals surface area contributed by atoms with E-state index in [9.17, 15) is 10.1 Å². The molecule has 0 atom stereocenters. The van der Waals surface area contributed by atoms with Gasteiger partial charge < -0.3 is 0 Å². The van der Waals surface area contributed by atoms with Gasteiger partial charge in [-0.05, 0) is 46.2 Å². The minimum absolute atomic E-state index is 0.0947. The van der Waals surface area contributed by atoms with E-state index in [0.29, 0.717) is 11.0 Å². The molecule has 1 heterocycles. The number of aromatic nitrogens is 1. The SMILES string of the molecule is CN(Cc1cccnc1)Cc1ccc(Br)c([N+](=O)[O-])c1. The third-order valence-electron chi connectivity index (χ3n) is 2.84. The minimum atomic E-state index is -0.380. The van der Waals surface area contributed by atoms with Crippen molar-refractivity contribution in [3.05, 3.63) is 68.4 Å². The molecule has 104 valence electrons. The summed E-state index contributed by atoms with van der Waals surface area (Å²) in [6.07, 6.45) is 3.56. The van der Waals surface area contributed by atoms with Crippen LogP contribution < -0.4 is 0 Å². The second kappa shape index (κ2) is 6.58. The molecule has 0 saturated carbocycles. The third-order valence-corrected chi connectivity index (χ3v) is 3.51. The molecular weight excluding hydrogens is 322 g/mol. The van der Waals surface area contributed by atoms with Gasteiger partial charge in [0.25, 0.3) is 5.69 Å². The van der Waals surface area contributed by atoms with Gasteiger partial charge in [0, 0.05) is 31.5 Å². The average molecular weight is 336 g/mol. The summed E-state index contributed by atoms with van der Waals surface area (Å²) < 4.78 is 0.501. The zero-order valence-corrected chi connectivity index (χ0v) is 12.6. The van der Waals surface area contributed by atoms with Crippen molar-refractivity contribution >= 4 is 21.6 Å². The highest BCUT2D eigenvalue weighted by Crippen LogP contribution is 2.26. The standard InChI is InChI=1S/C14H14BrN3O2/c1-17(10-12-3-2-6-16-8-12)9-11-4-5-13(15)14(7-11)18(19)20/h2-8H,9-10H2,1H3. The first-order valence-electron chi connectivity index (χ1n) is 6.06. The summed E-state index contributed by atoms with van der Waals surface area (Å²) in [4.78, 5) is 16.7. The van der Waals surface area contributed by atoms with Gasteiger partial charge in [0.05, 0.1) is 9.40 Å². The molecule has 0 unspecified atom stereocenters. The Kier molecular flexibility index (Phi) is 4.81. The van der Waals surface area contributed by atoms with Crippen molar-refractivity contribution in [2.24, 2.45) is 0 Å². The van der Waals surface area contributed by atoms with Gasteiger partial charge in [-0.25, -0.2) is 0 Å². The number of halogens is 1. The molecule has 0 radical (unpaired) electrons. The molecule has 0 fully saturated rings. The molecule has 0 aliphatic carbocycles. The van der Waals surface area contributed by atoms with Crippen molar-refractivity contribution < 1.29 is 4.92 Å². The van der Waals surface area contributed by atoms with Gasteiger partial charge in [0.15, 0.2) is 0 Å². The number of rotatable bonds is 5. The molecule has 0 amide bonds. The fraction of sp³-hybridized carbons (Fsp3) is 0.214. The van der Waals surface area contributed by atoms with E-state index in [2.05, 4.69) is 25.8 Å². The van der Waals surface area contributed by atoms with Gasteiger partial charge in [-0.1, -0.05) is 12.1 Å². The van der Waals surface area contributed by atoms with E-state index in [1.165, 1.54) is 0 Å². The van der Waals surface area contributed by atoms with Crippen LogP contribution >= 0.6 is 15.9 Å². The van der Waals surface area contributed by atoms with Crippen molar-refractivity contribution in [2.45, 2.75) is 13.1 Å². The van der Waals surface area contributed by atoms with Crippen molar-refractivity contribution in [3.63, 3.8) is 0 Å². The molecule has 0 saturated heterocycles. The lowest BCUT2D eigenvalue weighted by Gasteiger charge is -2.16. The van der Waals surface area contributed by atoms with Crippen LogP contribution in [-0.4, -0.2) is 21.9 Å². The molecule has 0 bridgehead atoms. The van der Waals surface area contributed by atoms with Gasteiger partial charge >= 0.3 is 0 Å². The quantitative estimate of drug-likeness (QED) is 0.620. The van der Waals surface area contributed by atoms with Crippen LogP contribution in [0.4, 0.5) is 5.69 Å². The van der Waals surface area contributed by atoms with Gasteiger partial charge in [0.1, 0.15) is 0 Å². The lowest BCUT2D eigenvalue weighted by atomic mass is 10.2. The van der Waals surface area contributed by atoms with Crippen LogP contribution in [0, 0.1) is 10.1 Å². The average Bonchev–Trinajstić information content (AvgIpc) is 2.41. The Balaban J connectivity index is 2.06. The van der Waals surface area contributed by atoms with Crippen molar-refractivity contribution in [2.75, 3.05) is 7.05 Å². The predicted octanol–water partition coefficient (Wildman–Crippen LogP) is 3.38. The summed E-state index contributed by atoms with van der Waals surface area (Å²) in [5, 5.41) is 10.9. The van der Waals surface area contributed by atoms with Crippen LogP contribution in [-0.2, 0) is 13.1 Å². The molecule has 0 aliphatic heterocycles. The van der Waals surface area contributed by atoms with Crippen LogP contribution in [0.3, 0.4) is 0 Å². The largest absolute Gasteiger partial charge is 0.298 e. The number of nitro groups is 1. The molecule has 2 aromatic rings. The number of hydrogen-bond donors (Lipinski definition) is 0. The Morgan fingerprint density at radius 2 is 2.05 bits per heavy atom. The maximum atomic E-state index is 10.9. The van der Waals surface area contributed by atoms with E-state index < -0.39 is 0 Å². The summed E-state index contributed by atoms with van der Waals surface area (Å²) >= 11 is 3.19. The van der Waals surface area contributed by atoms with E-state index in [0.717, 1.165) is 17.7 Å². The Morgan fingerprint density at radius 1 is 1.30 bits per heavy atom. The maximum absolute atomic E-state index is 10.9. The van der Waals surface area contributed by atoms with E-state index in [-0.39, 0.29) is 10.6 Å². The summed E-state index contributed by atoms with van der Waals surface area (Å²) in [5.74, 6) is 0. The van der Waals surface area contributed by atoms with Crippen molar-refractivity contribution in [3.8, 4) is 0 Å². The highest BCUT2D eigenvalue weighted by atomic mass is 79.9. The second-order valence-electron chi connectivity index (χ2n) is 4.58. The lowest BCUT2D eigenvalue weighted by Crippen LogP contribution is -2.17. The first-order chi connectivity index (χ1) is 9.56. The van der Waals surface area contributed by atoms with Crippen LogP contribution in [0.1, 0.15) is 11.1 Å². The topological polar surface area (TPSA) is 59.3 Å². The highest BCUT2D eigenvalue weighted by molar-refractivity contribution is 9.10. The van der Waals surface area contributed by atoms with Crippen molar-refractivity contribution in [1.29, 1.82) is 0 Å². The fourth-order valence-electron chi connectivity index (χ4n) is 1.97. The van der Waals surface area contributed by atoms with E-state index in [1.54, 1.807) is 18.3 Å². The van der Waals surface area contributed by atoms with Crippen LogP contribution in [0.15, 0.2) is 47.2 Å². The molecule has 0 aliphatic rings. The number of hydrogen-bond acceptors (Lipinski definition) is 4. The van der Waals surface area contributed by atoms with Crippen LogP contribution in [0.25, 0.3) is 0 Å². The molecule has 20 heavy (non-hydrogen) atoms. The molecular formula is C14H14BrN3O2. The smallest absolute Gasteiger partial charge is 0.283 e. The molecule has 6 heteroatoms. The zero-order chi connectivity index (χ0) is 14.5. The Hall–Kier alpha value is -1.79. The van der Waals surface area contributed by atoms with Crippen molar-refractivity contribution in [1.82, 2.24) is 9.88 Å². The summed E-state index contributed by atoms with van der Waals surface area (Å²) in [6, 6.07) is 9.10. The maximum Gasteiger partial charge on any atom is 0.283 e. The number of benzene rings is 1. The molecule has 0 N–H and O–H groups in total. The van der Waals surface area contributed by atoms with Crippen LogP contribution in [0.2, 0.25) is 0 Å². The Morgan fingerprint density at radius 3 is 2.70 bits per heavy atom. The first-order valence-corrected chi connectivity index (χ1v) is 6.86. The lowest BCUT2D eigenvalue weighted by molar-refractivity contribution is -0.385. The molecule has 0 spiro atoms. The number of nitro benzene ring substituents is 1.